The Morgan fingerprint density at radius 3 is 2.20 bits per heavy atom. The molecule has 2 rings (SSSR count). The molecule has 1 aromatic carbocycles. The summed E-state index contributed by atoms with van der Waals surface area (Å²) < 4.78 is 0. The van der Waals surface area contributed by atoms with Gasteiger partial charge in [-0.1, -0.05) is 23.8 Å². The molecule has 0 amide bonds. The standard InChI is InChI=1S/C20H28N4.HI/c1-15-13-16(2)19(17(3)14-15)9-12-24-20(21-4)23-11-8-18-7-5-6-10-22-18;/h5-7,10,13-14H,8-9,11-12H2,1-4H3,(H2,21,23,24);1H. The Kier molecular flexibility index (Phi) is 9.49. The van der Waals surface area contributed by atoms with Crippen molar-refractivity contribution in [2.75, 3.05) is 20.1 Å². The van der Waals surface area contributed by atoms with E-state index in [9.17, 15) is 0 Å². The number of nitrogens with zero attached hydrogens (tertiary/aromatic N) is 2. The minimum atomic E-state index is 0. The number of hydrogen-bond donors (Lipinski definition) is 2. The van der Waals surface area contributed by atoms with E-state index in [0.717, 1.165) is 37.6 Å². The van der Waals surface area contributed by atoms with E-state index in [0.29, 0.717) is 0 Å². The lowest BCUT2D eigenvalue weighted by atomic mass is 9.97. The van der Waals surface area contributed by atoms with Gasteiger partial charge in [0.25, 0.3) is 0 Å². The summed E-state index contributed by atoms with van der Waals surface area (Å²) in [6, 6.07) is 10.5. The van der Waals surface area contributed by atoms with Crippen LogP contribution in [-0.4, -0.2) is 31.1 Å². The second-order valence-corrected chi connectivity index (χ2v) is 6.12. The Hall–Kier alpha value is -1.63. The fourth-order valence-electron chi connectivity index (χ4n) is 2.99. The normalized spacial score (nSPS) is 11.0. The molecule has 0 aliphatic rings. The molecule has 5 heteroatoms. The zero-order valence-corrected chi connectivity index (χ0v) is 17.9. The molecule has 0 fully saturated rings. The lowest BCUT2D eigenvalue weighted by molar-refractivity contribution is 0.773. The highest BCUT2D eigenvalue weighted by molar-refractivity contribution is 14.0. The molecule has 136 valence electrons. The highest BCUT2D eigenvalue weighted by atomic mass is 127. The summed E-state index contributed by atoms with van der Waals surface area (Å²) in [5.41, 5.74) is 6.58. The van der Waals surface area contributed by atoms with Gasteiger partial charge in [0.15, 0.2) is 5.96 Å². The third-order valence-corrected chi connectivity index (χ3v) is 4.13. The molecule has 0 radical (unpaired) electrons. The number of pyridine rings is 1. The van der Waals surface area contributed by atoms with Gasteiger partial charge in [0, 0.05) is 38.4 Å². The van der Waals surface area contributed by atoms with Gasteiger partial charge in [0.2, 0.25) is 0 Å². The van der Waals surface area contributed by atoms with Gasteiger partial charge in [-0.05, 0) is 56.0 Å². The number of aliphatic imine (C=N–C) groups is 1. The summed E-state index contributed by atoms with van der Waals surface area (Å²) >= 11 is 0. The van der Waals surface area contributed by atoms with Crippen LogP contribution in [0.4, 0.5) is 0 Å². The van der Waals surface area contributed by atoms with Crippen molar-refractivity contribution in [3.63, 3.8) is 0 Å². The van der Waals surface area contributed by atoms with Crippen LogP contribution in [0.2, 0.25) is 0 Å². The monoisotopic (exact) mass is 452 g/mol. The van der Waals surface area contributed by atoms with Crippen LogP contribution in [0, 0.1) is 20.8 Å². The van der Waals surface area contributed by atoms with E-state index in [1.165, 1.54) is 22.3 Å². The maximum Gasteiger partial charge on any atom is 0.190 e. The van der Waals surface area contributed by atoms with Crippen molar-refractivity contribution in [1.29, 1.82) is 0 Å². The Balaban J connectivity index is 0.00000312. The second kappa shape index (κ2) is 11.1. The SMILES string of the molecule is CN=C(NCCc1ccccn1)NCCc1c(C)cc(C)cc1C.I. The van der Waals surface area contributed by atoms with Crippen LogP contribution < -0.4 is 10.6 Å². The van der Waals surface area contributed by atoms with Crippen molar-refractivity contribution in [2.45, 2.75) is 33.6 Å². The van der Waals surface area contributed by atoms with Crippen molar-refractivity contribution in [1.82, 2.24) is 15.6 Å². The summed E-state index contributed by atoms with van der Waals surface area (Å²) in [5, 5.41) is 6.73. The molecule has 2 N–H and O–H groups in total. The molecule has 0 saturated heterocycles. The predicted molar refractivity (Wildman–Crippen MR) is 117 cm³/mol. The summed E-state index contributed by atoms with van der Waals surface area (Å²) in [6.45, 7) is 8.22. The Labute approximate surface area is 168 Å². The molecular formula is C20H29IN4. The van der Waals surface area contributed by atoms with Crippen LogP contribution in [-0.2, 0) is 12.8 Å². The molecule has 0 saturated carbocycles. The third kappa shape index (κ3) is 7.02. The Morgan fingerprint density at radius 2 is 1.64 bits per heavy atom. The van der Waals surface area contributed by atoms with Gasteiger partial charge in [-0.3, -0.25) is 9.98 Å². The number of guanidine groups is 1. The molecule has 0 aliphatic carbocycles. The predicted octanol–water partition coefficient (Wildman–Crippen LogP) is 3.58. The average Bonchev–Trinajstić information content (AvgIpc) is 2.56. The van der Waals surface area contributed by atoms with Gasteiger partial charge in [-0.25, -0.2) is 0 Å². The van der Waals surface area contributed by atoms with Gasteiger partial charge in [-0.2, -0.15) is 0 Å². The van der Waals surface area contributed by atoms with E-state index in [-0.39, 0.29) is 24.0 Å². The fourth-order valence-corrected chi connectivity index (χ4v) is 2.99. The van der Waals surface area contributed by atoms with Gasteiger partial charge in [-0.15, -0.1) is 24.0 Å². The summed E-state index contributed by atoms with van der Waals surface area (Å²) in [4.78, 5) is 8.61. The average molecular weight is 452 g/mol. The molecule has 4 nitrogen and oxygen atoms in total. The topological polar surface area (TPSA) is 49.3 Å². The molecule has 1 heterocycles. The van der Waals surface area contributed by atoms with E-state index in [1.807, 2.05) is 24.4 Å². The smallest absolute Gasteiger partial charge is 0.190 e. The van der Waals surface area contributed by atoms with E-state index < -0.39 is 0 Å². The molecule has 2 aromatic rings. The molecule has 0 spiro atoms. The first-order chi connectivity index (χ1) is 11.6. The maximum absolute atomic E-state index is 4.33. The van der Waals surface area contributed by atoms with E-state index in [4.69, 9.17) is 0 Å². The zero-order valence-electron chi connectivity index (χ0n) is 15.6. The number of aromatic nitrogens is 1. The summed E-state index contributed by atoms with van der Waals surface area (Å²) in [6.07, 6.45) is 3.71. The first-order valence-electron chi connectivity index (χ1n) is 8.51. The maximum atomic E-state index is 4.33. The fraction of sp³-hybridized carbons (Fsp3) is 0.400. The van der Waals surface area contributed by atoms with Crippen molar-refractivity contribution >= 4 is 29.9 Å². The van der Waals surface area contributed by atoms with Crippen LogP contribution in [0.3, 0.4) is 0 Å². The molecule has 0 unspecified atom stereocenters. The van der Waals surface area contributed by atoms with Gasteiger partial charge < -0.3 is 10.6 Å². The number of aryl methyl sites for hydroxylation is 3. The van der Waals surface area contributed by atoms with Crippen molar-refractivity contribution < 1.29 is 0 Å². The Bertz CT molecular complexity index is 660. The van der Waals surface area contributed by atoms with E-state index in [2.05, 4.69) is 53.5 Å². The largest absolute Gasteiger partial charge is 0.356 e. The molecule has 0 aliphatic heterocycles. The van der Waals surface area contributed by atoms with Crippen LogP contribution in [0.5, 0.6) is 0 Å². The van der Waals surface area contributed by atoms with Crippen LogP contribution in [0.25, 0.3) is 0 Å². The first-order valence-corrected chi connectivity index (χ1v) is 8.51. The molecule has 0 bridgehead atoms. The lowest BCUT2D eigenvalue weighted by Gasteiger charge is -2.14. The number of hydrogen-bond acceptors (Lipinski definition) is 2. The number of rotatable bonds is 6. The first kappa shape index (κ1) is 21.4. The van der Waals surface area contributed by atoms with Crippen LogP contribution in [0.1, 0.15) is 27.9 Å². The summed E-state index contributed by atoms with van der Waals surface area (Å²) in [5.74, 6) is 0.841. The van der Waals surface area contributed by atoms with E-state index >= 15 is 0 Å². The van der Waals surface area contributed by atoms with Crippen molar-refractivity contribution in [2.24, 2.45) is 4.99 Å². The van der Waals surface area contributed by atoms with Crippen molar-refractivity contribution in [3.05, 3.63) is 64.5 Å². The molecule has 0 atom stereocenters. The van der Waals surface area contributed by atoms with Gasteiger partial charge in [0.05, 0.1) is 0 Å². The quantitative estimate of drug-likeness (QED) is 0.400. The summed E-state index contributed by atoms with van der Waals surface area (Å²) in [7, 11) is 1.80. The van der Waals surface area contributed by atoms with Crippen molar-refractivity contribution in [3.8, 4) is 0 Å². The minimum Gasteiger partial charge on any atom is -0.356 e. The van der Waals surface area contributed by atoms with Crippen LogP contribution in [0.15, 0.2) is 41.5 Å². The molecule has 25 heavy (non-hydrogen) atoms. The highest BCUT2D eigenvalue weighted by Gasteiger charge is 2.04. The van der Waals surface area contributed by atoms with Gasteiger partial charge in [0.1, 0.15) is 0 Å². The lowest BCUT2D eigenvalue weighted by Crippen LogP contribution is -2.39. The molecular weight excluding hydrogens is 423 g/mol. The second-order valence-electron chi connectivity index (χ2n) is 6.12. The minimum absolute atomic E-state index is 0. The number of nitrogens with one attached hydrogen (secondary N) is 2. The Morgan fingerprint density at radius 1 is 1.00 bits per heavy atom. The van der Waals surface area contributed by atoms with Crippen LogP contribution >= 0.6 is 24.0 Å². The zero-order chi connectivity index (χ0) is 17.4. The number of halogens is 1. The molecule has 1 aromatic heterocycles. The van der Waals surface area contributed by atoms with E-state index in [1.54, 1.807) is 7.05 Å². The highest BCUT2D eigenvalue weighted by Crippen LogP contribution is 2.16. The van der Waals surface area contributed by atoms with Gasteiger partial charge >= 0.3 is 0 Å². The third-order valence-electron chi connectivity index (χ3n) is 4.13. The number of benzene rings is 1.